The van der Waals surface area contributed by atoms with Crippen molar-refractivity contribution in [3.63, 3.8) is 0 Å². The Morgan fingerprint density at radius 1 is 0.966 bits per heavy atom. The first kappa shape index (κ1) is 21.9. The van der Waals surface area contributed by atoms with Crippen LogP contribution in [0.4, 0.5) is 17.6 Å². The van der Waals surface area contributed by atoms with Crippen molar-refractivity contribution >= 4 is 11.6 Å². The van der Waals surface area contributed by atoms with E-state index in [1.54, 1.807) is 12.1 Å². The van der Waals surface area contributed by atoms with Crippen molar-refractivity contribution in [1.82, 2.24) is 0 Å². The lowest BCUT2D eigenvalue weighted by Crippen LogP contribution is -2.13. The molecule has 0 N–H and O–H groups in total. The summed E-state index contributed by atoms with van der Waals surface area (Å²) in [4.78, 5) is 0. The summed E-state index contributed by atoms with van der Waals surface area (Å²) in [6, 6.07) is 9.33. The molecular weight excluding hydrogens is 400 g/mol. The topological polar surface area (TPSA) is 0 Å². The van der Waals surface area contributed by atoms with Crippen LogP contribution in [-0.2, 0) is 5.38 Å². The lowest BCUT2D eigenvalue weighted by Gasteiger charge is -2.28. The molecule has 5 heteroatoms. The Hall–Kier alpha value is -1.81. The van der Waals surface area contributed by atoms with Gasteiger partial charge in [0, 0.05) is 0 Å². The SMILES string of the molecule is CC=CCCC1CCC(c2ccc(-c3cc(F)c(C(F)(F)Cl)c(F)c3)cc2)CC1. The fourth-order valence-electron chi connectivity index (χ4n) is 4.24. The van der Waals surface area contributed by atoms with Crippen molar-refractivity contribution in [3.8, 4) is 11.1 Å². The molecule has 1 fully saturated rings. The van der Waals surface area contributed by atoms with Gasteiger partial charge in [-0.1, -0.05) is 36.4 Å². The molecule has 2 aromatic carbocycles. The summed E-state index contributed by atoms with van der Waals surface area (Å²) in [6.45, 7) is 2.05. The number of alkyl halides is 3. The molecular formula is C24H25ClF4. The molecule has 0 unspecified atom stereocenters. The average molecular weight is 425 g/mol. The lowest BCUT2D eigenvalue weighted by atomic mass is 9.77. The smallest absolute Gasteiger partial charge is 0.206 e. The summed E-state index contributed by atoms with van der Waals surface area (Å²) < 4.78 is 54.3. The van der Waals surface area contributed by atoms with Crippen LogP contribution in [0.25, 0.3) is 11.1 Å². The molecule has 156 valence electrons. The molecule has 1 saturated carbocycles. The van der Waals surface area contributed by atoms with Gasteiger partial charge in [-0.05, 0) is 97.7 Å². The highest BCUT2D eigenvalue weighted by Crippen LogP contribution is 2.40. The Kier molecular flexibility index (Phi) is 7.05. The van der Waals surface area contributed by atoms with Gasteiger partial charge in [0.15, 0.2) is 0 Å². The molecule has 0 aliphatic heterocycles. The van der Waals surface area contributed by atoms with E-state index >= 15 is 0 Å². The van der Waals surface area contributed by atoms with Gasteiger partial charge in [0.1, 0.15) is 17.2 Å². The van der Waals surface area contributed by atoms with Gasteiger partial charge in [-0.25, -0.2) is 8.78 Å². The second-order valence-corrected chi connectivity index (χ2v) is 8.27. The zero-order chi connectivity index (χ0) is 21.0. The molecule has 3 rings (SSSR count). The number of allylic oxidation sites excluding steroid dienone is 2. The van der Waals surface area contributed by atoms with Gasteiger partial charge in [0.2, 0.25) is 0 Å². The number of hydrogen-bond donors (Lipinski definition) is 0. The summed E-state index contributed by atoms with van der Waals surface area (Å²) in [5.74, 6) is -1.42. The molecule has 0 nitrogen and oxygen atoms in total. The zero-order valence-electron chi connectivity index (χ0n) is 16.4. The van der Waals surface area contributed by atoms with Crippen LogP contribution in [0.15, 0.2) is 48.6 Å². The van der Waals surface area contributed by atoms with Gasteiger partial charge in [-0.15, -0.1) is 0 Å². The Morgan fingerprint density at radius 2 is 1.55 bits per heavy atom. The largest absolute Gasteiger partial charge is 0.353 e. The summed E-state index contributed by atoms with van der Waals surface area (Å²) >= 11 is 4.80. The van der Waals surface area contributed by atoms with Crippen molar-refractivity contribution in [2.75, 3.05) is 0 Å². The molecule has 0 saturated heterocycles. The normalized spacial score (nSPS) is 20.3. The molecule has 0 spiro atoms. The second-order valence-electron chi connectivity index (χ2n) is 7.80. The number of benzene rings is 2. The molecule has 1 aliphatic rings. The van der Waals surface area contributed by atoms with Gasteiger partial charge in [-0.3, -0.25) is 0 Å². The van der Waals surface area contributed by atoms with Crippen molar-refractivity contribution in [1.29, 1.82) is 0 Å². The van der Waals surface area contributed by atoms with Crippen molar-refractivity contribution < 1.29 is 17.6 Å². The molecule has 0 aromatic heterocycles. The first-order valence-electron chi connectivity index (χ1n) is 10.1. The fraction of sp³-hybridized carbons (Fsp3) is 0.417. The van der Waals surface area contributed by atoms with Crippen LogP contribution in [0.2, 0.25) is 0 Å². The number of halogens is 5. The maximum Gasteiger partial charge on any atom is 0.353 e. The predicted molar refractivity (Wildman–Crippen MR) is 110 cm³/mol. The van der Waals surface area contributed by atoms with E-state index in [1.165, 1.54) is 24.8 Å². The number of hydrogen-bond acceptors (Lipinski definition) is 0. The first-order chi connectivity index (χ1) is 13.8. The molecule has 2 aromatic rings. The van der Waals surface area contributed by atoms with Crippen molar-refractivity contribution in [2.24, 2.45) is 5.92 Å². The highest BCUT2D eigenvalue weighted by molar-refractivity contribution is 6.21. The van der Waals surface area contributed by atoms with E-state index in [9.17, 15) is 17.6 Å². The van der Waals surface area contributed by atoms with Crippen molar-refractivity contribution in [3.05, 3.63) is 71.3 Å². The molecule has 0 radical (unpaired) electrons. The number of rotatable bonds is 6. The van der Waals surface area contributed by atoms with Crippen LogP contribution in [0.3, 0.4) is 0 Å². The molecule has 0 heterocycles. The highest BCUT2D eigenvalue weighted by atomic mass is 35.5. The van der Waals surface area contributed by atoms with E-state index < -0.39 is 22.6 Å². The van der Waals surface area contributed by atoms with Crippen LogP contribution in [-0.4, -0.2) is 0 Å². The molecule has 0 bridgehead atoms. The Balaban J connectivity index is 1.68. The van der Waals surface area contributed by atoms with E-state index in [0.29, 0.717) is 11.5 Å². The molecule has 0 atom stereocenters. The minimum absolute atomic E-state index is 0.212. The maximum absolute atomic E-state index is 14.0. The predicted octanol–water partition coefficient (Wildman–Crippen LogP) is 8.55. The average Bonchev–Trinajstić information content (AvgIpc) is 2.67. The van der Waals surface area contributed by atoms with Crippen LogP contribution in [0.5, 0.6) is 0 Å². The van der Waals surface area contributed by atoms with Gasteiger partial charge in [0.25, 0.3) is 0 Å². The van der Waals surface area contributed by atoms with Gasteiger partial charge >= 0.3 is 5.38 Å². The fourth-order valence-corrected chi connectivity index (χ4v) is 4.42. The Labute approximate surface area is 174 Å². The summed E-state index contributed by atoms with van der Waals surface area (Å²) in [7, 11) is 0. The summed E-state index contributed by atoms with van der Waals surface area (Å²) in [5, 5.41) is -4.08. The first-order valence-corrected chi connectivity index (χ1v) is 10.4. The van der Waals surface area contributed by atoms with E-state index in [0.717, 1.165) is 37.3 Å². The van der Waals surface area contributed by atoms with Gasteiger partial charge in [-0.2, -0.15) is 8.78 Å². The van der Waals surface area contributed by atoms with E-state index in [1.807, 2.05) is 19.1 Å². The Bertz CT molecular complexity index is 821. The summed E-state index contributed by atoms with van der Waals surface area (Å²) in [6.07, 6.45) is 11.4. The Morgan fingerprint density at radius 3 is 2.07 bits per heavy atom. The van der Waals surface area contributed by atoms with Crippen LogP contribution < -0.4 is 0 Å². The third kappa shape index (κ3) is 5.42. The quantitative estimate of drug-likeness (QED) is 0.247. The summed E-state index contributed by atoms with van der Waals surface area (Å²) in [5.41, 5.74) is 0.594. The zero-order valence-corrected chi connectivity index (χ0v) is 17.2. The van der Waals surface area contributed by atoms with Crippen LogP contribution in [0, 0.1) is 17.6 Å². The molecule has 1 aliphatic carbocycles. The minimum atomic E-state index is -4.08. The van der Waals surface area contributed by atoms with Crippen LogP contribution in [0.1, 0.15) is 62.5 Å². The van der Waals surface area contributed by atoms with Gasteiger partial charge in [0.05, 0.1) is 0 Å². The minimum Gasteiger partial charge on any atom is -0.206 e. The third-order valence-electron chi connectivity index (χ3n) is 5.87. The maximum atomic E-state index is 14.0. The van der Waals surface area contributed by atoms with Gasteiger partial charge < -0.3 is 0 Å². The van der Waals surface area contributed by atoms with Crippen LogP contribution >= 0.6 is 11.6 Å². The molecule has 0 amide bonds. The lowest BCUT2D eigenvalue weighted by molar-refractivity contribution is 0.0859. The second kappa shape index (κ2) is 9.34. The monoisotopic (exact) mass is 424 g/mol. The van der Waals surface area contributed by atoms with Crippen molar-refractivity contribution in [2.45, 2.75) is 56.7 Å². The van der Waals surface area contributed by atoms with E-state index in [2.05, 4.69) is 12.2 Å². The van der Waals surface area contributed by atoms with E-state index in [4.69, 9.17) is 11.6 Å². The standard InChI is InChI=1S/C24H25ClF4/c1-2-3-4-5-16-6-8-17(9-7-16)18-10-12-19(13-11-18)20-14-21(26)23(22(27)15-20)24(25,28)29/h2-3,10-17H,4-9H2,1H3. The highest BCUT2D eigenvalue weighted by Gasteiger charge is 2.35. The third-order valence-corrected chi connectivity index (χ3v) is 6.05. The van der Waals surface area contributed by atoms with E-state index in [-0.39, 0.29) is 5.56 Å². The molecule has 29 heavy (non-hydrogen) atoms.